The Morgan fingerprint density at radius 2 is 1.63 bits per heavy atom. The summed E-state index contributed by atoms with van der Waals surface area (Å²) in [5, 5.41) is 17.5. The highest BCUT2D eigenvalue weighted by molar-refractivity contribution is 6.00. The van der Waals surface area contributed by atoms with Crippen LogP contribution >= 0.6 is 0 Å². The summed E-state index contributed by atoms with van der Waals surface area (Å²) >= 11 is 0. The molecule has 0 bridgehead atoms. The number of amides is 3. The number of hydrogen-bond acceptors (Lipinski definition) is 5. The van der Waals surface area contributed by atoms with E-state index in [2.05, 4.69) is 10.6 Å². The fourth-order valence-electron chi connectivity index (χ4n) is 4.25. The molecule has 0 aliphatic rings. The lowest BCUT2D eigenvalue weighted by atomic mass is 9.99. The second-order valence-electron chi connectivity index (χ2n) is 10.6. The number of aryl methyl sites for hydroxylation is 1. The van der Waals surface area contributed by atoms with Gasteiger partial charge in [0.2, 0.25) is 5.91 Å². The van der Waals surface area contributed by atoms with E-state index in [0.717, 1.165) is 16.3 Å². The van der Waals surface area contributed by atoms with Crippen molar-refractivity contribution in [2.24, 2.45) is 0 Å². The molecule has 38 heavy (non-hydrogen) atoms. The van der Waals surface area contributed by atoms with Crippen LogP contribution in [0.25, 0.3) is 10.8 Å². The summed E-state index contributed by atoms with van der Waals surface area (Å²) in [6.07, 6.45) is -0.832. The lowest BCUT2D eigenvalue weighted by Gasteiger charge is -2.37. The molecule has 0 fully saturated rings. The van der Waals surface area contributed by atoms with Crippen LogP contribution < -0.4 is 10.6 Å². The van der Waals surface area contributed by atoms with Crippen molar-refractivity contribution >= 4 is 34.4 Å². The highest BCUT2D eigenvalue weighted by Gasteiger charge is 2.37. The summed E-state index contributed by atoms with van der Waals surface area (Å²) in [5.41, 5.74) is 1.34. The van der Waals surface area contributed by atoms with Gasteiger partial charge in [-0.1, -0.05) is 60.2 Å². The molecule has 0 saturated heterocycles. The highest BCUT2D eigenvalue weighted by atomic mass is 16.6. The van der Waals surface area contributed by atoms with Crippen molar-refractivity contribution in [1.29, 1.82) is 0 Å². The highest BCUT2D eigenvalue weighted by Crippen LogP contribution is 2.28. The number of fused-ring (bicyclic) bond motifs is 1. The fourth-order valence-corrected chi connectivity index (χ4v) is 4.25. The van der Waals surface area contributed by atoms with Crippen LogP contribution in [-0.4, -0.2) is 52.2 Å². The number of carbonyl (C=O) groups excluding carboxylic acids is 3. The summed E-state index contributed by atoms with van der Waals surface area (Å²) in [6.45, 7) is 9.92. The second kappa shape index (κ2) is 12.1. The van der Waals surface area contributed by atoms with E-state index in [-0.39, 0.29) is 0 Å². The van der Waals surface area contributed by atoms with E-state index >= 15 is 0 Å². The van der Waals surface area contributed by atoms with E-state index in [0.29, 0.717) is 11.3 Å². The maximum atomic E-state index is 13.9. The van der Waals surface area contributed by atoms with E-state index in [1.807, 2.05) is 67.6 Å². The minimum Gasteiger partial charge on any atom is -0.444 e. The maximum Gasteiger partial charge on any atom is 0.408 e. The molecule has 3 amide bonds. The van der Waals surface area contributed by atoms with Crippen LogP contribution in [0.2, 0.25) is 0 Å². The summed E-state index contributed by atoms with van der Waals surface area (Å²) in [6, 6.07) is 18.0. The fraction of sp³-hybridized carbons (Fsp3) is 0.367. The van der Waals surface area contributed by atoms with Crippen molar-refractivity contribution in [2.75, 3.05) is 11.9 Å². The number of anilines is 1. The van der Waals surface area contributed by atoms with Gasteiger partial charge in [0.1, 0.15) is 17.7 Å². The molecule has 2 unspecified atom stereocenters. The number of alkyl carbamates (subject to hydrolysis) is 1. The van der Waals surface area contributed by atoms with Gasteiger partial charge < -0.3 is 25.4 Å². The van der Waals surface area contributed by atoms with E-state index in [4.69, 9.17) is 4.74 Å². The normalized spacial score (nSPS) is 13.1. The number of nitrogens with one attached hydrogen (secondary N) is 2. The van der Waals surface area contributed by atoms with Crippen molar-refractivity contribution in [3.8, 4) is 0 Å². The van der Waals surface area contributed by atoms with Gasteiger partial charge in [0.15, 0.2) is 0 Å². The van der Waals surface area contributed by atoms with Crippen LogP contribution in [0.4, 0.5) is 10.5 Å². The molecule has 3 aromatic rings. The first-order chi connectivity index (χ1) is 17.9. The Hall–Kier alpha value is -3.91. The molecular formula is C30H37N3O5. The first-order valence-electron chi connectivity index (χ1n) is 12.7. The average Bonchev–Trinajstić information content (AvgIpc) is 2.83. The van der Waals surface area contributed by atoms with Crippen LogP contribution in [0.3, 0.4) is 0 Å². The number of nitrogens with zero attached hydrogens (tertiary/aromatic N) is 1. The van der Waals surface area contributed by atoms with Gasteiger partial charge in [-0.25, -0.2) is 4.79 Å². The predicted molar refractivity (Wildman–Crippen MR) is 149 cm³/mol. The number of benzene rings is 3. The minimum absolute atomic E-state index is 0.415. The molecule has 202 valence electrons. The summed E-state index contributed by atoms with van der Waals surface area (Å²) in [7, 11) is 0. The van der Waals surface area contributed by atoms with Gasteiger partial charge in [-0.05, 0) is 70.0 Å². The van der Waals surface area contributed by atoms with E-state index < -0.39 is 48.2 Å². The Bertz CT molecular complexity index is 1300. The Labute approximate surface area is 224 Å². The number of aliphatic hydroxyl groups is 1. The molecule has 0 aromatic heterocycles. The van der Waals surface area contributed by atoms with Crippen molar-refractivity contribution in [3.63, 3.8) is 0 Å². The standard InChI is InChI=1S/C30H37N3O5/c1-19(2)33(28(36)25(18-34)32-29(37)38-30(4,5)6)26(23-13-9-10-20(3)16-23)27(35)31-24-15-14-21-11-7-8-12-22(21)17-24/h7-17,19,25-26,34H,18H2,1-6H3,(H,31,35)(H,32,37). The first kappa shape index (κ1) is 28.7. The first-order valence-corrected chi connectivity index (χ1v) is 12.7. The van der Waals surface area contributed by atoms with E-state index in [9.17, 15) is 19.5 Å². The maximum absolute atomic E-state index is 13.9. The van der Waals surface area contributed by atoms with Gasteiger partial charge in [-0.2, -0.15) is 0 Å². The minimum atomic E-state index is -1.30. The zero-order valence-electron chi connectivity index (χ0n) is 22.8. The zero-order valence-corrected chi connectivity index (χ0v) is 22.8. The van der Waals surface area contributed by atoms with Gasteiger partial charge >= 0.3 is 6.09 Å². The van der Waals surface area contributed by atoms with Crippen molar-refractivity contribution < 1.29 is 24.2 Å². The molecule has 0 aliphatic heterocycles. The Morgan fingerprint density at radius 3 is 2.24 bits per heavy atom. The lowest BCUT2D eigenvalue weighted by molar-refractivity contribution is -0.143. The smallest absolute Gasteiger partial charge is 0.408 e. The van der Waals surface area contributed by atoms with Gasteiger partial charge in [-0.3, -0.25) is 9.59 Å². The summed E-state index contributed by atoms with van der Waals surface area (Å²) < 4.78 is 5.27. The van der Waals surface area contributed by atoms with Crippen molar-refractivity contribution in [3.05, 3.63) is 77.9 Å². The Morgan fingerprint density at radius 1 is 0.947 bits per heavy atom. The third-order valence-corrected chi connectivity index (χ3v) is 5.88. The monoisotopic (exact) mass is 519 g/mol. The van der Waals surface area contributed by atoms with Gasteiger partial charge in [0.05, 0.1) is 6.61 Å². The van der Waals surface area contributed by atoms with Crippen LogP contribution in [0.5, 0.6) is 0 Å². The van der Waals surface area contributed by atoms with Crippen LogP contribution in [0, 0.1) is 6.92 Å². The SMILES string of the molecule is Cc1cccc(C(C(=O)Nc2ccc3ccccc3c2)N(C(=O)C(CO)NC(=O)OC(C)(C)C)C(C)C)c1. The van der Waals surface area contributed by atoms with Crippen LogP contribution in [0.1, 0.15) is 51.8 Å². The Kier molecular flexibility index (Phi) is 9.12. The van der Waals surface area contributed by atoms with Gasteiger partial charge in [0.25, 0.3) is 5.91 Å². The predicted octanol–water partition coefficient (Wildman–Crippen LogP) is 4.95. The molecule has 0 aliphatic carbocycles. The van der Waals surface area contributed by atoms with Crippen molar-refractivity contribution in [1.82, 2.24) is 10.2 Å². The largest absolute Gasteiger partial charge is 0.444 e. The van der Waals surface area contributed by atoms with Crippen LogP contribution in [-0.2, 0) is 14.3 Å². The molecule has 0 radical (unpaired) electrons. The topological polar surface area (TPSA) is 108 Å². The lowest BCUT2D eigenvalue weighted by Crippen LogP contribution is -2.55. The van der Waals surface area contributed by atoms with Gasteiger partial charge in [-0.15, -0.1) is 0 Å². The molecule has 0 spiro atoms. The third kappa shape index (κ3) is 7.32. The number of rotatable bonds is 8. The molecular weight excluding hydrogens is 482 g/mol. The molecule has 2 atom stereocenters. The van der Waals surface area contributed by atoms with Crippen LogP contribution in [0.15, 0.2) is 66.7 Å². The summed E-state index contributed by atoms with van der Waals surface area (Å²) in [4.78, 5) is 41.4. The zero-order chi connectivity index (χ0) is 28.0. The molecule has 8 heteroatoms. The van der Waals surface area contributed by atoms with E-state index in [1.54, 1.807) is 40.7 Å². The van der Waals surface area contributed by atoms with E-state index in [1.165, 1.54) is 4.90 Å². The number of carbonyl (C=O) groups is 3. The molecule has 8 nitrogen and oxygen atoms in total. The molecule has 3 N–H and O–H groups in total. The number of hydrogen-bond donors (Lipinski definition) is 3. The quantitative estimate of drug-likeness (QED) is 0.390. The number of ether oxygens (including phenoxy) is 1. The molecule has 0 saturated carbocycles. The molecule has 3 aromatic carbocycles. The number of aliphatic hydroxyl groups excluding tert-OH is 1. The Balaban J connectivity index is 1.97. The summed E-state index contributed by atoms with van der Waals surface area (Å²) in [5.74, 6) is -1.02. The molecule has 0 heterocycles. The van der Waals surface area contributed by atoms with Gasteiger partial charge in [0, 0.05) is 11.7 Å². The second-order valence-corrected chi connectivity index (χ2v) is 10.6. The third-order valence-electron chi connectivity index (χ3n) is 5.88. The van der Waals surface area contributed by atoms with Crippen molar-refractivity contribution in [2.45, 2.75) is 65.3 Å². The average molecular weight is 520 g/mol. The molecule has 3 rings (SSSR count).